The molecule has 4 heterocycles. The van der Waals surface area contributed by atoms with E-state index in [1.165, 1.54) is 24.7 Å². The van der Waals surface area contributed by atoms with Crippen molar-refractivity contribution >= 4 is 23.5 Å². The highest BCUT2D eigenvalue weighted by Gasteiger charge is 2.62. The standard InChI is InChI=1S/C21H20FN5O4/c1-10-9-27-16-6-14(22)13(15-8-23-3-4-24-15)5-12(16)7-21(17(27)11(2)31-10)18(28)25-20(30)26-19(21)29/h3-6,8,10-11,17H,7,9H2,1-2H3,(H2,25,26,28,29,30). The highest BCUT2D eigenvalue weighted by atomic mass is 19.1. The van der Waals surface area contributed by atoms with Gasteiger partial charge in [0.05, 0.1) is 30.1 Å². The predicted molar refractivity (Wildman–Crippen MR) is 106 cm³/mol. The number of hydrogen-bond acceptors (Lipinski definition) is 7. The van der Waals surface area contributed by atoms with E-state index in [0.29, 0.717) is 23.5 Å². The Hall–Kier alpha value is -3.40. The van der Waals surface area contributed by atoms with E-state index in [1.54, 1.807) is 13.0 Å². The number of nitrogens with zero attached hydrogens (tertiary/aromatic N) is 3. The minimum absolute atomic E-state index is 0.00985. The Bertz CT molecular complexity index is 1090. The number of benzene rings is 1. The average Bonchev–Trinajstić information content (AvgIpc) is 2.72. The minimum atomic E-state index is -1.60. The molecule has 0 aliphatic carbocycles. The van der Waals surface area contributed by atoms with Gasteiger partial charge in [-0.1, -0.05) is 0 Å². The zero-order valence-corrected chi connectivity index (χ0v) is 16.9. The first-order chi connectivity index (χ1) is 14.8. The van der Waals surface area contributed by atoms with E-state index >= 15 is 4.39 Å². The summed E-state index contributed by atoms with van der Waals surface area (Å²) in [4.78, 5) is 48.0. The number of carbonyl (C=O) groups excluding carboxylic acids is 3. The molecule has 2 fully saturated rings. The lowest BCUT2D eigenvalue weighted by Crippen LogP contribution is -2.75. The summed E-state index contributed by atoms with van der Waals surface area (Å²) >= 11 is 0. The molecule has 0 saturated carbocycles. The Kier molecular flexibility index (Phi) is 4.30. The lowest BCUT2D eigenvalue weighted by molar-refractivity contribution is -0.153. The van der Waals surface area contributed by atoms with Gasteiger partial charge < -0.3 is 9.64 Å². The summed E-state index contributed by atoms with van der Waals surface area (Å²) in [5.74, 6) is -1.84. The van der Waals surface area contributed by atoms with Gasteiger partial charge in [-0.05, 0) is 38.0 Å². The molecule has 31 heavy (non-hydrogen) atoms. The quantitative estimate of drug-likeness (QED) is 0.660. The van der Waals surface area contributed by atoms with Gasteiger partial charge in [0.1, 0.15) is 5.82 Å². The normalized spacial score (nSPS) is 26.7. The van der Waals surface area contributed by atoms with Crippen LogP contribution in [0.15, 0.2) is 30.7 Å². The number of urea groups is 1. The number of halogens is 1. The summed E-state index contributed by atoms with van der Waals surface area (Å²) in [6.07, 6.45) is 3.68. The van der Waals surface area contributed by atoms with Gasteiger partial charge in [-0.25, -0.2) is 9.18 Å². The maximum atomic E-state index is 15.1. The number of rotatable bonds is 1. The van der Waals surface area contributed by atoms with Gasteiger partial charge in [-0.2, -0.15) is 0 Å². The largest absolute Gasteiger partial charge is 0.372 e. The van der Waals surface area contributed by atoms with Crippen molar-refractivity contribution in [1.29, 1.82) is 0 Å². The van der Waals surface area contributed by atoms with Crippen LogP contribution < -0.4 is 15.5 Å². The topological polar surface area (TPSA) is 114 Å². The van der Waals surface area contributed by atoms with Crippen LogP contribution >= 0.6 is 0 Å². The Balaban J connectivity index is 1.71. The Labute approximate surface area is 177 Å². The SMILES string of the molecule is CC1CN2c3cc(F)c(-c4cnccn4)cc3CC3(C(=O)NC(=O)NC3=O)C2C(C)O1. The third-order valence-corrected chi connectivity index (χ3v) is 6.24. The van der Waals surface area contributed by atoms with Crippen molar-refractivity contribution in [1.82, 2.24) is 20.6 Å². The highest BCUT2D eigenvalue weighted by molar-refractivity contribution is 6.20. The van der Waals surface area contributed by atoms with Crippen LogP contribution in [0.3, 0.4) is 0 Å². The maximum Gasteiger partial charge on any atom is 0.328 e. The molecule has 160 valence electrons. The van der Waals surface area contributed by atoms with E-state index in [1.807, 2.05) is 11.8 Å². The van der Waals surface area contributed by atoms with E-state index in [4.69, 9.17) is 4.74 Å². The molecule has 3 aliphatic rings. The number of hydrogen-bond donors (Lipinski definition) is 2. The van der Waals surface area contributed by atoms with Crippen LogP contribution in [0.5, 0.6) is 0 Å². The second kappa shape index (κ2) is 6.81. The molecule has 4 amide bonds. The van der Waals surface area contributed by atoms with Crippen molar-refractivity contribution in [2.75, 3.05) is 11.4 Å². The third kappa shape index (κ3) is 2.82. The Morgan fingerprint density at radius 2 is 1.90 bits per heavy atom. The number of nitrogens with one attached hydrogen (secondary N) is 2. The molecule has 3 atom stereocenters. The number of morpholine rings is 1. The molecule has 9 nitrogen and oxygen atoms in total. The van der Waals surface area contributed by atoms with Gasteiger partial charge in [0.15, 0.2) is 5.41 Å². The van der Waals surface area contributed by atoms with Gasteiger partial charge in [-0.15, -0.1) is 0 Å². The van der Waals surface area contributed by atoms with E-state index in [-0.39, 0.29) is 18.1 Å². The second-order valence-corrected chi connectivity index (χ2v) is 8.19. The fraction of sp³-hybridized carbons (Fsp3) is 0.381. The fourth-order valence-corrected chi connectivity index (χ4v) is 5.09. The number of amides is 4. The van der Waals surface area contributed by atoms with Crippen LogP contribution in [-0.4, -0.2) is 52.6 Å². The van der Waals surface area contributed by atoms with Crippen molar-refractivity contribution in [3.8, 4) is 11.3 Å². The number of ether oxygens (including phenoxy) is 1. The summed E-state index contributed by atoms with van der Waals surface area (Å²) in [5, 5.41) is 4.47. The molecule has 3 aliphatic heterocycles. The molecule has 1 aromatic heterocycles. The Morgan fingerprint density at radius 3 is 2.58 bits per heavy atom. The van der Waals surface area contributed by atoms with E-state index < -0.39 is 41.2 Å². The first kappa shape index (κ1) is 19.6. The number of carbonyl (C=O) groups is 3. The van der Waals surface area contributed by atoms with Crippen LogP contribution in [0.4, 0.5) is 14.9 Å². The molecule has 2 aromatic rings. The van der Waals surface area contributed by atoms with Crippen LogP contribution in [0.25, 0.3) is 11.3 Å². The zero-order chi connectivity index (χ0) is 21.9. The molecule has 1 aromatic carbocycles. The monoisotopic (exact) mass is 425 g/mol. The molecule has 2 saturated heterocycles. The summed E-state index contributed by atoms with van der Waals surface area (Å²) in [6.45, 7) is 4.02. The first-order valence-electron chi connectivity index (χ1n) is 9.99. The minimum Gasteiger partial charge on any atom is -0.372 e. The molecule has 2 N–H and O–H groups in total. The average molecular weight is 425 g/mol. The summed E-state index contributed by atoms with van der Waals surface area (Å²) in [5.41, 5.74) is 0.176. The number of fused-ring (bicyclic) bond motifs is 4. The smallest absolute Gasteiger partial charge is 0.328 e. The Morgan fingerprint density at radius 1 is 1.16 bits per heavy atom. The number of imide groups is 2. The second-order valence-electron chi connectivity index (χ2n) is 8.19. The lowest BCUT2D eigenvalue weighted by atomic mass is 9.66. The molecule has 3 unspecified atom stereocenters. The molecule has 0 radical (unpaired) electrons. The summed E-state index contributed by atoms with van der Waals surface area (Å²) in [7, 11) is 0. The van der Waals surface area contributed by atoms with Gasteiger partial charge in [0, 0.05) is 30.2 Å². The van der Waals surface area contributed by atoms with E-state index in [2.05, 4.69) is 20.6 Å². The first-order valence-corrected chi connectivity index (χ1v) is 9.99. The molecular formula is C21H20FN5O4. The van der Waals surface area contributed by atoms with Crippen molar-refractivity contribution in [2.24, 2.45) is 5.41 Å². The van der Waals surface area contributed by atoms with Gasteiger partial charge >= 0.3 is 6.03 Å². The molecule has 1 spiro atoms. The third-order valence-electron chi connectivity index (χ3n) is 6.24. The van der Waals surface area contributed by atoms with Crippen molar-refractivity contribution in [3.63, 3.8) is 0 Å². The van der Waals surface area contributed by atoms with Gasteiger partial charge in [0.2, 0.25) is 11.8 Å². The number of anilines is 1. The van der Waals surface area contributed by atoms with Crippen molar-refractivity contribution in [3.05, 3.63) is 42.1 Å². The summed E-state index contributed by atoms with van der Waals surface area (Å²) in [6, 6.07) is 1.46. The molecular weight excluding hydrogens is 405 g/mol. The fourth-order valence-electron chi connectivity index (χ4n) is 5.09. The van der Waals surface area contributed by atoms with Crippen LogP contribution in [0, 0.1) is 11.2 Å². The van der Waals surface area contributed by atoms with Gasteiger partial charge in [-0.3, -0.25) is 30.2 Å². The van der Waals surface area contributed by atoms with Crippen LogP contribution in [0.2, 0.25) is 0 Å². The van der Waals surface area contributed by atoms with E-state index in [9.17, 15) is 14.4 Å². The number of aromatic nitrogens is 2. The lowest BCUT2D eigenvalue weighted by Gasteiger charge is -2.55. The van der Waals surface area contributed by atoms with E-state index in [0.717, 1.165) is 0 Å². The zero-order valence-electron chi connectivity index (χ0n) is 16.9. The van der Waals surface area contributed by atoms with Crippen LogP contribution in [-0.2, 0) is 20.7 Å². The molecule has 5 rings (SSSR count). The van der Waals surface area contributed by atoms with Crippen molar-refractivity contribution < 1.29 is 23.5 Å². The summed E-state index contributed by atoms with van der Waals surface area (Å²) < 4.78 is 21.1. The highest BCUT2D eigenvalue weighted by Crippen LogP contribution is 2.47. The molecule has 10 heteroatoms. The maximum absolute atomic E-state index is 15.1. The number of barbiturate groups is 1. The van der Waals surface area contributed by atoms with Crippen molar-refractivity contribution in [2.45, 2.75) is 38.5 Å². The molecule has 0 bridgehead atoms. The van der Waals surface area contributed by atoms with Gasteiger partial charge in [0.25, 0.3) is 0 Å². The predicted octanol–water partition coefficient (Wildman–Crippen LogP) is 1.17. The van der Waals surface area contributed by atoms with Crippen LogP contribution in [0.1, 0.15) is 19.4 Å².